The molecule has 0 spiro atoms. The quantitative estimate of drug-likeness (QED) is 0.689. The fraction of sp³-hybridized carbons (Fsp3) is 0.438. The third kappa shape index (κ3) is 2.57. The number of halogens is 4. The maximum atomic E-state index is 13.0. The molecule has 22 heavy (non-hydrogen) atoms. The molecule has 1 aromatic carbocycles. The lowest BCUT2D eigenvalue weighted by molar-refractivity contribution is -0.140. The van der Waals surface area contributed by atoms with E-state index >= 15 is 0 Å². The van der Waals surface area contributed by atoms with Crippen LogP contribution in [-0.2, 0) is 19.0 Å². The van der Waals surface area contributed by atoms with Gasteiger partial charge in [-0.2, -0.15) is 13.2 Å². The number of alkyl halides is 3. The number of nitrogens with zero attached hydrogens (tertiary/aromatic N) is 2. The van der Waals surface area contributed by atoms with Crippen LogP contribution in [0.3, 0.4) is 0 Å². The van der Waals surface area contributed by atoms with E-state index in [-0.39, 0.29) is 6.04 Å². The molecule has 0 saturated heterocycles. The van der Waals surface area contributed by atoms with Gasteiger partial charge in [0.25, 0.3) is 0 Å². The lowest BCUT2D eigenvalue weighted by atomic mass is 10.0. The fourth-order valence-corrected chi connectivity index (χ4v) is 3.56. The Hall–Kier alpha value is -1.30. The number of imidazole rings is 1. The number of hydrogen-bond donors (Lipinski definition) is 0. The van der Waals surface area contributed by atoms with E-state index in [0.717, 1.165) is 41.1 Å². The van der Waals surface area contributed by atoms with Gasteiger partial charge in [-0.05, 0) is 56.4 Å². The maximum Gasteiger partial charge on any atom is 0.434 e. The highest BCUT2D eigenvalue weighted by molar-refractivity contribution is 9.10. The van der Waals surface area contributed by atoms with Crippen molar-refractivity contribution < 1.29 is 13.2 Å². The summed E-state index contributed by atoms with van der Waals surface area (Å²) in [6, 6.07) is 3.70. The normalized spacial score (nSPS) is 14.7. The molecule has 6 heteroatoms. The van der Waals surface area contributed by atoms with Gasteiger partial charge in [0.1, 0.15) is 5.82 Å². The van der Waals surface area contributed by atoms with Gasteiger partial charge in [-0.1, -0.05) is 15.9 Å². The standard InChI is InChI=1S/C16H16BrF3N2/c1-9(2)22-8-14(16(18,19)20)21-15(22)12-6-7-13(17)11-5-3-4-10(11)12/h6-9H,3-5H2,1-2H3. The molecule has 2 aromatic rings. The van der Waals surface area contributed by atoms with E-state index in [1.807, 2.05) is 26.0 Å². The molecule has 0 saturated carbocycles. The molecule has 0 radical (unpaired) electrons. The highest BCUT2D eigenvalue weighted by atomic mass is 79.9. The van der Waals surface area contributed by atoms with E-state index in [0.29, 0.717) is 5.82 Å². The third-order valence-electron chi connectivity index (χ3n) is 4.05. The summed E-state index contributed by atoms with van der Waals surface area (Å²) < 4.78 is 41.7. The molecule has 1 aliphatic carbocycles. The minimum Gasteiger partial charge on any atom is -0.328 e. The first-order valence-corrected chi connectivity index (χ1v) is 8.05. The van der Waals surface area contributed by atoms with Gasteiger partial charge in [-0.15, -0.1) is 0 Å². The molecule has 0 amide bonds. The van der Waals surface area contributed by atoms with Gasteiger partial charge < -0.3 is 4.57 Å². The molecule has 1 aromatic heterocycles. The summed E-state index contributed by atoms with van der Waals surface area (Å²) >= 11 is 3.53. The molecule has 0 aliphatic heterocycles. The number of aromatic nitrogens is 2. The van der Waals surface area contributed by atoms with Gasteiger partial charge in [0.05, 0.1) is 0 Å². The third-order valence-corrected chi connectivity index (χ3v) is 4.79. The first kappa shape index (κ1) is 15.6. The number of fused-ring (bicyclic) bond motifs is 1. The zero-order chi connectivity index (χ0) is 16.1. The molecule has 1 heterocycles. The Kier molecular flexibility index (Phi) is 3.83. The van der Waals surface area contributed by atoms with Crippen LogP contribution < -0.4 is 0 Å². The minimum atomic E-state index is -4.42. The number of rotatable bonds is 2. The molecule has 0 N–H and O–H groups in total. The Labute approximate surface area is 135 Å². The maximum absolute atomic E-state index is 13.0. The summed E-state index contributed by atoms with van der Waals surface area (Å²) in [6.45, 7) is 3.73. The van der Waals surface area contributed by atoms with Gasteiger partial charge in [-0.25, -0.2) is 4.98 Å². The van der Waals surface area contributed by atoms with Crippen molar-refractivity contribution in [2.24, 2.45) is 0 Å². The van der Waals surface area contributed by atoms with Crippen molar-refractivity contribution in [1.82, 2.24) is 9.55 Å². The summed E-state index contributed by atoms with van der Waals surface area (Å²) in [6.07, 6.45) is -0.440. The van der Waals surface area contributed by atoms with E-state index < -0.39 is 11.9 Å². The van der Waals surface area contributed by atoms with Crippen LogP contribution in [0.25, 0.3) is 11.4 Å². The Balaban J connectivity index is 2.21. The molecular weight excluding hydrogens is 357 g/mol. The van der Waals surface area contributed by atoms with Crippen LogP contribution in [0.2, 0.25) is 0 Å². The average Bonchev–Trinajstić information content (AvgIpc) is 3.05. The smallest absolute Gasteiger partial charge is 0.328 e. The summed E-state index contributed by atoms with van der Waals surface area (Å²) in [7, 11) is 0. The molecule has 2 nitrogen and oxygen atoms in total. The minimum absolute atomic E-state index is 0.0840. The summed E-state index contributed by atoms with van der Waals surface area (Å²) in [5, 5.41) is 0. The summed E-state index contributed by atoms with van der Waals surface area (Å²) in [5.41, 5.74) is 2.31. The van der Waals surface area contributed by atoms with Crippen LogP contribution in [0.4, 0.5) is 13.2 Å². The highest BCUT2D eigenvalue weighted by Gasteiger charge is 2.35. The van der Waals surface area contributed by atoms with E-state index in [1.165, 1.54) is 5.56 Å². The molecule has 0 atom stereocenters. The predicted octanol–water partition coefficient (Wildman–Crippen LogP) is 5.40. The molecule has 0 fully saturated rings. The van der Waals surface area contributed by atoms with Gasteiger partial charge in [-0.3, -0.25) is 0 Å². The van der Waals surface area contributed by atoms with E-state index in [2.05, 4.69) is 20.9 Å². The topological polar surface area (TPSA) is 17.8 Å². The zero-order valence-electron chi connectivity index (χ0n) is 12.3. The van der Waals surface area contributed by atoms with Crippen molar-refractivity contribution in [1.29, 1.82) is 0 Å². The largest absolute Gasteiger partial charge is 0.434 e. The molecule has 0 unspecified atom stereocenters. The van der Waals surface area contributed by atoms with Crippen molar-refractivity contribution in [3.8, 4) is 11.4 Å². The van der Waals surface area contributed by atoms with Crippen molar-refractivity contribution in [2.45, 2.75) is 45.3 Å². The summed E-state index contributed by atoms with van der Waals surface area (Å²) in [5.74, 6) is 0.410. The summed E-state index contributed by atoms with van der Waals surface area (Å²) in [4.78, 5) is 3.90. The zero-order valence-corrected chi connectivity index (χ0v) is 13.9. The van der Waals surface area contributed by atoms with Crippen LogP contribution in [0, 0.1) is 0 Å². The van der Waals surface area contributed by atoms with Crippen LogP contribution in [-0.4, -0.2) is 9.55 Å². The lowest BCUT2D eigenvalue weighted by Crippen LogP contribution is -2.05. The molecule has 3 rings (SSSR count). The second-order valence-corrected chi connectivity index (χ2v) is 6.71. The highest BCUT2D eigenvalue weighted by Crippen LogP contribution is 2.39. The van der Waals surface area contributed by atoms with Crippen LogP contribution in [0.15, 0.2) is 22.8 Å². The Bertz CT molecular complexity index is 717. The second-order valence-electron chi connectivity index (χ2n) is 5.85. The van der Waals surface area contributed by atoms with Crippen LogP contribution in [0.5, 0.6) is 0 Å². The number of hydrogen-bond acceptors (Lipinski definition) is 1. The van der Waals surface area contributed by atoms with Crippen molar-refractivity contribution in [3.63, 3.8) is 0 Å². The lowest BCUT2D eigenvalue weighted by Gasteiger charge is -2.14. The molecule has 118 valence electrons. The predicted molar refractivity (Wildman–Crippen MR) is 82.8 cm³/mol. The van der Waals surface area contributed by atoms with Gasteiger partial charge in [0.2, 0.25) is 0 Å². The van der Waals surface area contributed by atoms with E-state index in [9.17, 15) is 13.2 Å². The van der Waals surface area contributed by atoms with Crippen LogP contribution >= 0.6 is 15.9 Å². The van der Waals surface area contributed by atoms with Gasteiger partial charge >= 0.3 is 6.18 Å². The molecule has 1 aliphatic rings. The van der Waals surface area contributed by atoms with Crippen molar-refractivity contribution in [2.75, 3.05) is 0 Å². The first-order valence-electron chi connectivity index (χ1n) is 7.25. The number of benzene rings is 1. The molecular formula is C16H16BrF3N2. The first-order chi connectivity index (χ1) is 10.3. The van der Waals surface area contributed by atoms with Gasteiger partial charge in [0.15, 0.2) is 5.69 Å². The van der Waals surface area contributed by atoms with E-state index in [4.69, 9.17) is 0 Å². The monoisotopic (exact) mass is 372 g/mol. The fourth-order valence-electron chi connectivity index (χ4n) is 2.99. The van der Waals surface area contributed by atoms with Crippen molar-refractivity contribution in [3.05, 3.63) is 39.6 Å². The Morgan fingerprint density at radius 3 is 2.50 bits per heavy atom. The Morgan fingerprint density at radius 1 is 1.18 bits per heavy atom. The second kappa shape index (κ2) is 5.41. The van der Waals surface area contributed by atoms with Crippen molar-refractivity contribution >= 4 is 15.9 Å². The molecule has 0 bridgehead atoms. The average molecular weight is 373 g/mol. The SMILES string of the molecule is CC(C)n1cc(C(F)(F)F)nc1-c1ccc(Br)c2c1CCC2. The Morgan fingerprint density at radius 2 is 1.86 bits per heavy atom. The van der Waals surface area contributed by atoms with Crippen LogP contribution in [0.1, 0.15) is 43.1 Å². The van der Waals surface area contributed by atoms with E-state index in [1.54, 1.807) is 4.57 Å². The van der Waals surface area contributed by atoms with Gasteiger partial charge in [0, 0.05) is 22.3 Å².